The van der Waals surface area contributed by atoms with E-state index in [1.165, 1.54) is 0 Å². The van der Waals surface area contributed by atoms with Crippen molar-refractivity contribution in [3.63, 3.8) is 0 Å². The first kappa shape index (κ1) is 14.9. The lowest BCUT2D eigenvalue weighted by atomic mass is 9.78. The van der Waals surface area contributed by atoms with E-state index >= 15 is 0 Å². The highest BCUT2D eigenvalue weighted by atomic mass is 16.3. The summed E-state index contributed by atoms with van der Waals surface area (Å²) >= 11 is 0. The molecule has 0 spiro atoms. The molecule has 0 aromatic carbocycles. The number of amides is 2. The van der Waals surface area contributed by atoms with Crippen molar-refractivity contribution in [3.8, 4) is 0 Å². The first-order valence-electron chi connectivity index (χ1n) is 6.41. The fraction of sp³-hybridized carbons (Fsp3) is 0.833. The van der Waals surface area contributed by atoms with Gasteiger partial charge in [-0.15, -0.1) is 0 Å². The predicted octanol–water partition coefficient (Wildman–Crippen LogP) is -0.862. The molecular weight excluding hydrogens is 236 g/mol. The molecule has 5 N–H and O–H groups in total. The smallest absolute Gasteiger partial charge is 0.224 e. The zero-order valence-corrected chi connectivity index (χ0v) is 10.5. The average molecular weight is 258 g/mol. The number of nitrogens with two attached hydrogens (primary N) is 1. The molecule has 0 aromatic heterocycles. The van der Waals surface area contributed by atoms with E-state index in [1.807, 2.05) is 0 Å². The molecule has 3 atom stereocenters. The molecule has 0 aliphatic heterocycles. The van der Waals surface area contributed by atoms with Gasteiger partial charge in [0.05, 0.1) is 12.6 Å². The van der Waals surface area contributed by atoms with E-state index in [9.17, 15) is 9.59 Å². The molecule has 0 bridgehead atoms. The first-order valence-corrected chi connectivity index (χ1v) is 6.41. The molecule has 18 heavy (non-hydrogen) atoms. The van der Waals surface area contributed by atoms with Crippen LogP contribution in [0, 0.1) is 11.8 Å². The summed E-state index contributed by atoms with van der Waals surface area (Å²) in [5.74, 6) is -1.49. The van der Waals surface area contributed by atoms with Crippen LogP contribution in [-0.4, -0.2) is 41.3 Å². The van der Waals surface area contributed by atoms with Crippen molar-refractivity contribution in [2.75, 3.05) is 13.2 Å². The second-order valence-corrected chi connectivity index (χ2v) is 4.80. The highest BCUT2D eigenvalue weighted by molar-refractivity contribution is 5.87. The second kappa shape index (κ2) is 7.33. The van der Waals surface area contributed by atoms with E-state index in [0.717, 1.165) is 12.8 Å². The van der Waals surface area contributed by atoms with Crippen LogP contribution in [0.4, 0.5) is 0 Å². The van der Waals surface area contributed by atoms with Crippen LogP contribution in [-0.2, 0) is 9.59 Å². The Morgan fingerprint density at radius 1 is 1.22 bits per heavy atom. The van der Waals surface area contributed by atoms with E-state index in [0.29, 0.717) is 19.3 Å². The minimum atomic E-state index is -0.460. The lowest BCUT2D eigenvalue weighted by Crippen LogP contribution is -2.46. The van der Waals surface area contributed by atoms with Crippen molar-refractivity contribution < 1.29 is 19.8 Å². The number of aliphatic hydroxyl groups excluding tert-OH is 2. The van der Waals surface area contributed by atoms with Crippen LogP contribution in [0.5, 0.6) is 0 Å². The Morgan fingerprint density at radius 2 is 1.83 bits per heavy atom. The van der Waals surface area contributed by atoms with Crippen LogP contribution in [0.3, 0.4) is 0 Å². The molecule has 104 valence electrons. The Labute approximate surface area is 107 Å². The summed E-state index contributed by atoms with van der Waals surface area (Å²) in [4.78, 5) is 23.3. The number of hydrogen-bond acceptors (Lipinski definition) is 4. The van der Waals surface area contributed by atoms with Crippen molar-refractivity contribution in [1.29, 1.82) is 0 Å². The fourth-order valence-corrected chi connectivity index (χ4v) is 2.46. The molecule has 0 saturated heterocycles. The van der Waals surface area contributed by atoms with Crippen molar-refractivity contribution in [2.24, 2.45) is 17.6 Å². The highest BCUT2D eigenvalue weighted by Crippen LogP contribution is 2.30. The van der Waals surface area contributed by atoms with Gasteiger partial charge in [-0.2, -0.15) is 0 Å². The summed E-state index contributed by atoms with van der Waals surface area (Å²) in [7, 11) is 0. The van der Waals surface area contributed by atoms with Crippen LogP contribution in [0.25, 0.3) is 0 Å². The molecule has 1 aliphatic carbocycles. The lowest BCUT2D eigenvalue weighted by Gasteiger charge is -2.29. The minimum Gasteiger partial charge on any atom is -0.396 e. The summed E-state index contributed by atoms with van der Waals surface area (Å²) in [6, 6.07) is -0.460. The minimum absolute atomic E-state index is 0.102. The third-order valence-electron chi connectivity index (χ3n) is 3.51. The number of nitrogens with one attached hydrogen (secondary N) is 1. The van der Waals surface area contributed by atoms with Gasteiger partial charge < -0.3 is 21.3 Å². The van der Waals surface area contributed by atoms with Crippen molar-refractivity contribution in [1.82, 2.24) is 5.32 Å². The van der Waals surface area contributed by atoms with Gasteiger partial charge in [-0.05, 0) is 19.3 Å². The van der Waals surface area contributed by atoms with Gasteiger partial charge in [0.25, 0.3) is 0 Å². The van der Waals surface area contributed by atoms with E-state index < -0.39 is 23.8 Å². The van der Waals surface area contributed by atoms with Crippen LogP contribution < -0.4 is 11.1 Å². The van der Waals surface area contributed by atoms with E-state index in [2.05, 4.69) is 5.32 Å². The lowest BCUT2D eigenvalue weighted by molar-refractivity contribution is -0.135. The molecule has 0 heterocycles. The van der Waals surface area contributed by atoms with Crippen molar-refractivity contribution in [2.45, 2.75) is 38.1 Å². The standard InChI is InChI=1S/C12H22N2O4/c13-11(17)9-3-1-2-4-10(9)12(18)14-8(7-16)5-6-15/h8-10,15-16H,1-7H2,(H2,13,17)(H,14,18)/t8-,9-,10+/m0/s1. The van der Waals surface area contributed by atoms with Crippen LogP contribution in [0.1, 0.15) is 32.1 Å². The van der Waals surface area contributed by atoms with Gasteiger partial charge >= 0.3 is 0 Å². The van der Waals surface area contributed by atoms with Gasteiger partial charge in [0.2, 0.25) is 11.8 Å². The second-order valence-electron chi connectivity index (χ2n) is 4.80. The Bertz CT molecular complexity index is 296. The molecule has 6 heteroatoms. The average Bonchev–Trinajstić information content (AvgIpc) is 2.38. The number of hydrogen-bond donors (Lipinski definition) is 4. The summed E-state index contributed by atoms with van der Waals surface area (Å²) in [5.41, 5.74) is 5.31. The Balaban J connectivity index is 2.59. The van der Waals surface area contributed by atoms with E-state index in [1.54, 1.807) is 0 Å². The largest absolute Gasteiger partial charge is 0.396 e. The van der Waals surface area contributed by atoms with Crippen molar-refractivity contribution >= 4 is 11.8 Å². The quantitative estimate of drug-likeness (QED) is 0.496. The molecule has 1 rings (SSSR count). The number of rotatable bonds is 6. The third-order valence-corrected chi connectivity index (χ3v) is 3.51. The van der Waals surface area contributed by atoms with Crippen LogP contribution >= 0.6 is 0 Å². The van der Waals surface area contributed by atoms with Crippen LogP contribution in [0.2, 0.25) is 0 Å². The number of primary amides is 1. The summed E-state index contributed by atoms with van der Waals surface area (Å²) < 4.78 is 0. The SMILES string of the molecule is NC(=O)[C@H]1CCCC[C@H]1C(=O)N[C@H](CO)CCO. The first-order chi connectivity index (χ1) is 8.60. The van der Waals surface area contributed by atoms with Gasteiger partial charge in [-0.1, -0.05) is 12.8 Å². The number of carbonyl (C=O) groups excluding carboxylic acids is 2. The van der Waals surface area contributed by atoms with Gasteiger partial charge in [0.15, 0.2) is 0 Å². The molecule has 0 aromatic rings. The predicted molar refractivity (Wildman–Crippen MR) is 65.4 cm³/mol. The third kappa shape index (κ3) is 3.96. The topological polar surface area (TPSA) is 113 Å². The van der Waals surface area contributed by atoms with Gasteiger partial charge in [0.1, 0.15) is 0 Å². The number of aliphatic hydroxyl groups is 2. The maximum Gasteiger partial charge on any atom is 0.224 e. The summed E-state index contributed by atoms with van der Waals surface area (Å²) in [6.45, 7) is -0.324. The zero-order valence-electron chi connectivity index (χ0n) is 10.5. The van der Waals surface area contributed by atoms with Gasteiger partial charge in [-0.25, -0.2) is 0 Å². The summed E-state index contributed by atoms with van der Waals surface area (Å²) in [6.07, 6.45) is 3.42. The van der Waals surface area contributed by atoms with E-state index in [4.69, 9.17) is 15.9 Å². The molecule has 1 fully saturated rings. The normalized spacial score (nSPS) is 25.4. The van der Waals surface area contributed by atoms with Gasteiger partial charge in [-0.3, -0.25) is 9.59 Å². The van der Waals surface area contributed by atoms with E-state index in [-0.39, 0.29) is 19.1 Å². The molecule has 0 radical (unpaired) electrons. The molecule has 2 amide bonds. The molecule has 6 nitrogen and oxygen atoms in total. The fourth-order valence-electron chi connectivity index (χ4n) is 2.46. The molecule has 1 saturated carbocycles. The highest BCUT2D eigenvalue weighted by Gasteiger charge is 2.35. The maximum absolute atomic E-state index is 12.0. The zero-order chi connectivity index (χ0) is 13.5. The monoisotopic (exact) mass is 258 g/mol. The Morgan fingerprint density at radius 3 is 2.33 bits per heavy atom. The van der Waals surface area contributed by atoms with Crippen LogP contribution in [0.15, 0.2) is 0 Å². The van der Waals surface area contributed by atoms with Crippen molar-refractivity contribution in [3.05, 3.63) is 0 Å². The summed E-state index contributed by atoms with van der Waals surface area (Å²) in [5, 5.41) is 20.5. The number of carbonyl (C=O) groups is 2. The Kier molecular flexibility index (Phi) is 6.07. The van der Waals surface area contributed by atoms with Gasteiger partial charge in [0, 0.05) is 18.4 Å². The molecule has 1 aliphatic rings. The maximum atomic E-state index is 12.0. The molecular formula is C12H22N2O4. The Hall–Kier alpha value is -1.14. The molecule has 0 unspecified atom stereocenters.